The molecule has 1 unspecified atom stereocenters. The lowest BCUT2D eigenvalue weighted by molar-refractivity contribution is 0.143. The van der Waals surface area contributed by atoms with Crippen molar-refractivity contribution in [1.82, 2.24) is 24.8 Å². The summed E-state index contributed by atoms with van der Waals surface area (Å²) >= 11 is 6.36. The van der Waals surface area contributed by atoms with E-state index in [0.29, 0.717) is 39.8 Å². The number of nitrogens with two attached hydrogens (primary N) is 2. The van der Waals surface area contributed by atoms with Crippen LogP contribution in [0.2, 0.25) is 5.02 Å². The lowest BCUT2D eigenvalue weighted by Gasteiger charge is -2.18. The Kier molecular flexibility index (Phi) is 6.43. The van der Waals surface area contributed by atoms with E-state index in [1.54, 1.807) is 26.0 Å². The molecule has 0 fully saturated rings. The molecule has 0 bridgehead atoms. The van der Waals surface area contributed by atoms with Crippen LogP contribution in [0.15, 0.2) is 35.0 Å². The highest BCUT2D eigenvalue weighted by Gasteiger charge is 2.23. The van der Waals surface area contributed by atoms with Gasteiger partial charge in [-0.2, -0.15) is 0 Å². The molecule has 0 spiro atoms. The van der Waals surface area contributed by atoms with Crippen molar-refractivity contribution >= 4 is 28.5 Å². The van der Waals surface area contributed by atoms with Gasteiger partial charge in [-0.05, 0) is 43.1 Å². The third-order valence-electron chi connectivity index (χ3n) is 4.97. The van der Waals surface area contributed by atoms with E-state index in [2.05, 4.69) is 32.1 Å². The van der Waals surface area contributed by atoms with Crippen LogP contribution >= 0.6 is 11.6 Å². The number of ether oxygens (including phenoxy) is 1. The first-order valence-corrected chi connectivity index (χ1v) is 11.0. The molecule has 1 aromatic carbocycles. The van der Waals surface area contributed by atoms with Gasteiger partial charge in [0.2, 0.25) is 5.88 Å². The van der Waals surface area contributed by atoms with E-state index in [-0.39, 0.29) is 18.2 Å². The fraction of sp³-hybridized carbons (Fsp3) is 0.304. The van der Waals surface area contributed by atoms with Crippen LogP contribution in [0.1, 0.15) is 38.1 Å². The summed E-state index contributed by atoms with van der Waals surface area (Å²) in [6, 6.07) is 9.06. The summed E-state index contributed by atoms with van der Waals surface area (Å²) in [5.41, 5.74) is 13.2. The number of pyridine rings is 1. The van der Waals surface area contributed by atoms with Gasteiger partial charge in [0.25, 0.3) is 0 Å². The Morgan fingerprint density at radius 2 is 2.03 bits per heavy atom. The summed E-state index contributed by atoms with van der Waals surface area (Å²) in [5, 5.41) is 18.2. The zero-order chi connectivity index (χ0) is 24.5. The number of nitrogens with zero attached hydrogens (tertiary/aromatic N) is 5. The van der Waals surface area contributed by atoms with E-state index in [1.165, 1.54) is 0 Å². The van der Waals surface area contributed by atoms with Crippen molar-refractivity contribution in [2.24, 2.45) is 5.73 Å². The largest absolute Gasteiger partial charge is 0.468 e. The Labute approximate surface area is 200 Å². The highest BCUT2D eigenvalue weighted by Crippen LogP contribution is 2.32. The van der Waals surface area contributed by atoms with Gasteiger partial charge >= 0.3 is 0 Å². The normalized spacial score (nSPS) is 12.4. The van der Waals surface area contributed by atoms with Gasteiger partial charge in [0.1, 0.15) is 22.9 Å². The van der Waals surface area contributed by atoms with Crippen molar-refractivity contribution < 1.29 is 14.5 Å². The first-order chi connectivity index (χ1) is 16.2. The molecule has 10 nitrogen and oxygen atoms in total. The molecule has 0 saturated carbocycles. The zero-order valence-corrected chi connectivity index (χ0v) is 19.7. The average molecular weight is 482 g/mol. The van der Waals surface area contributed by atoms with E-state index in [4.69, 9.17) is 32.4 Å². The first-order valence-electron chi connectivity index (χ1n) is 10.6. The van der Waals surface area contributed by atoms with Crippen molar-refractivity contribution in [3.63, 3.8) is 0 Å². The quantitative estimate of drug-likeness (QED) is 0.353. The summed E-state index contributed by atoms with van der Waals surface area (Å²) in [5.74, 6) is 6.53. The molecule has 3 heterocycles. The van der Waals surface area contributed by atoms with Crippen LogP contribution in [0.5, 0.6) is 5.88 Å². The minimum Gasteiger partial charge on any atom is -0.468 e. The van der Waals surface area contributed by atoms with Crippen LogP contribution < -0.4 is 16.2 Å². The Hall–Kier alpha value is -3.65. The number of benzene rings is 1. The smallest absolute Gasteiger partial charge is 0.217 e. The van der Waals surface area contributed by atoms with Crippen molar-refractivity contribution in [2.75, 3.05) is 12.3 Å². The third kappa shape index (κ3) is 4.68. The Morgan fingerprint density at radius 1 is 1.26 bits per heavy atom. The molecule has 176 valence electrons. The fourth-order valence-electron chi connectivity index (χ4n) is 3.43. The molecule has 0 aliphatic heterocycles. The second-order valence-electron chi connectivity index (χ2n) is 8.03. The van der Waals surface area contributed by atoms with Crippen molar-refractivity contribution in [2.45, 2.75) is 39.0 Å². The van der Waals surface area contributed by atoms with Crippen LogP contribution in [0.25, 0.3) is 22.6 Å². The number of halogens is 1. The summed E-state index contributed by atoms with van der Waals surface area (Å²) in [6.45, 7) is 5.82. The highest BCUT2D eigenvalue weighted by atomic mass is 35.5. The first kappa shape index (κ1) is 23.5. The van der Waals surface area contributed by atoms with Crippen molar-refractivity contribution in [3.8, 4) is 29.2 Å². The number of nitrogen functional groups attached to an aromatic ring is 1. The highest BCUT2D eigenvalue weighted by molar-refractivity contribution is 6.31. The van der Waals surface area contributed by atoms with Crippen LogP contribution in [-0.4, -0.2) is 42.1 Å². The Balaban J connectivity index is 1.90. The van der Waals surface area contributed by atoms with Gasteiger partial charge in [0.05, 0.1) is 5.52 Å². The Morgan fingerprint density at radius 3 is 2.65 bits per heavy atom. The molecule has 3 aromatic heterocycles. The number of rotatable bonds is 6. The van der Waals surface area contributed by atoms with Crippen molar-refractivity contribution in [3.05, 3.63) is 46.6 Å². The van der Waals surface area contributed by atoms with Gasteiger partial charge in [0, 0.05) is 29.7 Å². The lowest BCUT2D eigenvalue weighted by atomic mass is 10.1. The molecule has 11 heteroatoms. The minimum absolute atomic E-state index is 0.112. The molecule has 0 aliphatic rings. The summed E-state index contributed by atoms with van der Waals surface area (Å²) in [7, 11) is 0. The SMILES string of the molecule is CCn1c(-c2nonc2N)nc2c(C#CC(C)(C)O)nc(OC(CN)c3ccccc3Cl)cc21. The molecule has 5 N–H and O–H groups in total. The third-order valence-corrected chi connectivity index (χ3v) is 5.32. The number of hydrogen-bond acceptors (Lipinski definition) is 9. The van der Waals surface area contributed by atoms with E-state index in [0.717, 1.165) is 5.56 Å². The van der Waals surface area contributed by atoms with Gasteiger partial charge < -0.3 is 25.9 Å². The molecule has 0 aliphatic carbocycles. The second-order valence-corrected chi connectivity index (χ2v) is 8.43. The fourth-order valence-corrected chi connectivity index (χ4v) is 3.69. The molecular weight excluding hydrogens is 458 g/mol. The van der Waals surface area contributed by atoms with Crippen LogP contribution in [-0.2, 0) is 6.54 Å². The number of imidazole rings is 1. The maximum absolute atomic E-state index is 10.1. The average Bonchev–Trinajstić information content (AvgIpc) is 3.38. The number of aryl methyl sites for hydroxylation is 1. The van der Waals surface area contributed by atoms with E-state index in [1.807, 2.05) is 29.7 Å². The van der Waals surface area contributed by atoms with Crippen LogP contribution in [0, 0.1) is 11.8 Å². The van der Waals surface area contributed by atoms with Crippen LogP contribution in [0.4, 0.5) is 5.82 Å². The maximum Gasteiger partial charge on any atom is 0.217 e. The van der Waals surface area contributed by atoms with Crippen molar-refractivity contribution in [1.29, 1.82) is 0 Å². The predicted molar refractivity (Wildman–Crippen MR) is 128 cm³/mol. The predicted octanol–water partition coefficient (Wildman–Crippen LogP) is 2.94. The van der Waals surface area contributed by atoms with E-state index >= 15 is 0 Å². The monoisotopic (exact) mass is 481 g/mol. The summed E-state index contributed by atoms with van der Waals surface area (Å²) in [6.07, 6.45) is -0.540. The number of hydrogen-bond donors (Lipinski definition) is 3. The van der Waals surface area contributed by atoms with Gasteiger partial charge in [-0.1, -0.05) is 35.7 Å². The number of aliphatic hydroxyl groups is 1. The molecule has 0 amide bonds. The number of aromatic nitrogens is 5. The topological polar surface area (TPSA) is 151 Å². The molecule has 34 heavy (non-hydrogen) atoms. The molecule has 4 aromatic rings. The van der Waals surface area contributed by atoms with E-state index < -0.39 is 11.7 Å². The Bertz CT molecular complexity index is 1400. The van der Waals surface area contributed by atoms with Gasteiger partial charge in [-0.25, -0.2) is 14.6 Å². The molecule has 0 saturated heterocycles. The molecule has 4 rings (SSSR count). The lowest BCUT2D eigenvalue weighted by Crippen LogP contribution is -2.19. The summed E-state index contributed by atoms with van der Waals surface area (Å²) in [4.78, 5) is 9.24. The molecular formula is C23H24ClN7O3. The maximum atomic E-state index is 10.1. The molecule has 0 radical (unpaired) electrons. The second kappa shape index (κ2) is 9.30. The number of anilines is 1. The summed E-state index contributed by atoms with van der Waals surface area (Å²) < 4.78 is 12.8. The number of fused-ring (bicyclic) bond motifs is 1. The minimum atomic E-state index is -1.24. The van der Waals surface area contributed by atoms with Gasteiger partial charge in [0.15, 0.2) is 17.3 Å². The van der Waals surface area contributed by atoms with Crippen LogP contribution in [0.3, 0.4) is 0 Å². The van der Waals surface area contributed by atoms with Gasteiger partial charge in [-0.15, -0.1) is 0 Å². The molecule has 1 atom stereocenters. The standard InChI is InChI=1S/C23H24ClN7O3/c1-4-31-16-11-18(33-17(12-25)13-7-5-6-8-14(13)24)27-15(9-10-23(2,3)32)19(16)28-22(31)20-21(26)30-34-29-20/h5-8,11,17,32H,4,12,25H2,1-3H3,(H2,26,30). The van der Waals surface area contributed by atoms with E-state index in [9.17, 15) is 5.11 Å². The van der Waals surface area contributed by atoms with Gasteiger partial charge in [-0.3, -0.25) is 0 Å². The zero-order valence-electron chi connectivity index (χ0n) is 18.9.